The van der Waals surface area contributed by atoms with Gasteiger partial charge in [0.1, 0.15) is 18.3 Å². The molecular formula is C17H20N2O4S. The molecule has 0 saturated carbocycles. The van der Waals surface area contributed by atoms with Gasteiger partial charge in [-0.25, -0.2) is 0 Å². The summed E-state index contributed by atoms with van der Waals surface area (Å²) in [5.41, 5.74) is 0.778. The highest BCUT2D eigenvalue weighted by atomic mass is 32.1. The van der Waals surface area contributed by atoms with E-state index in [1.807, 2.05) is 41.8 Å². The van der Waals surface area contributed by atoms with Gasteiger partial charge in [-0.15, -0.1) is 11.3 Å². The molecule has 0 radical (unpaired) electrons. The molecule has 2 N–H and O–H groups in total. The van der Waals surface area contributed by atoms with E-state index in [1.54, 1.807) is 14.0 Å². The molecule has 7 heteroatoms. The van der Waals surface area contributed by atoms with E-state index in [1.165, 1.54) is 11.3 Å². The zero-order chi connectivity index (χ0) is 17.4. The Morgan fingerprint density at radius 1 is 1.21 bits per heavy atom. The Hall–Kier alpha value is -2.54. The molecule has 0 fully saturated rings. The Morgan fingerprint density at radius 3 is 2.54 bits per heavy atom. The maximum Gasteiger partial charge on any atom is 0.325 e. The molecule has 1 unspecified atom stereocenters. The highest BCUT2D eigenvalue weighted by Crippen LogP contribution is 2.25. The van der Waals surface area contributed by atoms with Crippen LogP contribution in [-0.4, -0.2) is 32.1 Å². The number of carbonyl (C=O) groups excluding carboxylic acids is 2. The van der Waals surface area contributed by atoms with Gasteiger partial charge in [0, 0.05) is 10.6 Å². The standard InChI is InChI=1S/C17H20N2O4S/c1-3-23-15(20)11-18-17(21)16(14-5-4-10-24-14)19-12-6-8-13(22-2)9-7-12/h4-10,16,19H,3,11H2,1-2H3,(H,18,21). The average molecular weight is 348 g/mol. The van der Waals surface area contributed by atoms with Crippen LogP contribution < -0.4 is 15.4 Å². The van der Waals surface area contributed by atoms with Crippen LogP contribution in [0, 0.1) is 0 Å². The van der Waals surface area contributed by atoms with Crippen molar-refractivity contribution in [2.75, 3.05) is 25.6 Å². The van der Waals surface area contributed by atoms with Crippen LogP contribution in [0.25, 0.3) is 0 Å². The van der Waals surface area contributed by atoms with Crippen LogP contribution in [0.1, 0.15) is 17.8 Å². The highest BCUT2D eigenvalue weighted by Gasteiger charge is 2.22. The number of esters is 1. The lowest BCUT2D eigenvalue weighted by Crippen LogP contribution is -2.37. The molecule has 0 saturated heterocycles. The molecule has 0 aliphatic rings. The lowest BCUT2D eigenvalue weighted by molar-refractivity contribution is -0.143. The number of nitrogens with one attached hydrogen (secondary N) is 2. The lowest BCUT2D eigenvalue weighted by atomic mass is 10.2. The van der Waals surface area contributed by atoms with Crippen LogP contribution in [0.5, 0.6) is 5.75 Å². The zero-order valence-corrected chi connectivity index (χ0v) is 14.4. The van der Waals surface area contributed by atoms with Gasteiger partial charge < -0.3 is 20.1 Å². The summed E-state index contributed by atoms with van der Waals surface area (Å²) in [7, 11) is 1.60. The third-order valence-corrected chi connectivity index (χ3v) is 4.14. The molecule has 1 atom stereocenters. The first-order valence-corrected chi connectivity index (χ1v) is 8.39. The van der Waals surface area contributed by atoms with E-state index in [4.69, 9.17) is 9.47 Å². The first-order valence-electron chi connectivity index (χ1n) is 7.51. The summed E-state index contributed by atoms with van der Waals surface area (Å²) in [6, 6.07) is 10.4. The molecule has 2 aromatic rings. The van der Waals surface area contributed by atoms with E-state index in [0.29, 0.717) is 0 Å². The van der Waals surface area contributed by atoms with E-state index in [-0.39, 0.29) is 19.1 Å². The summed E-state index contributed by atoms with van der Waals surface area (Å²) in [5.74, 6) is -0.0125. The Kier molecular flexibility index (Phi) is 6.62. The van der Waals surface area contributed by atoms with E-state index in [2.05, 4.69) is 10.6 Å². The number of ether oxygens (including phenoxy) is 2. The monoisotopic (exact) mass is 348 g/mol. The van der Waals surface area contributed by atoms with Crippen molar-refractivity contribution in [2.45, 2.75) is 13.0 Å². The van der Waals surface area contributed by atoms with Crippen molar-refractivity contribution in [2.24, 2.45) is 0 Å². The van der Waals surface area contributed by atoms with Gasteiger partial charge in [0.25, 0.3) is 0 Å². The van der Waals surface area contributed by atoms with E-state index >= 15 is 0 Å². The molecular weight excluding hydrogens is 328 g/mol. The first kappa shape index (κ1) is 17.8. The quantitative estimate of drug-likeness (QED) is 0.717. The maximum atomic E-state index is 12.5. The van der Waals surface area contributed by atoms with Gasteiger partial charge in [0.15, 0.2) is 0 Å². The number of hydrogen-bond donors (Lipinski definition) is 2. The van der Waals surface area contributed by atoms with Gasteiger partial charge in [-0.3, -0.25) is 9.59 Å². The second-order valence-electron chi connectivity index (χ2n) is 4.84. The van der Waals surface area contributed by atoms with E-state index in [9.17, 15) is 9.59 Å². The van der Waals surface area contributed by atoms with Crippen molar-refractivity contribution in [1.82, 2.24) is 5.32 Å². The number of carbonyl (C=O) groups is 2. The number of amides is 1. The second-order valence-corrected chi connectivity index (χ2v) is 5.82. The Bertz CT molecular complexity index is 656. The van der Waals surface area contributed by atoms with Crippen LogP contribution in [0.4, 0.5) is 5.69 Å². The largest absolute Gasteiger partial charge is 0.497 e. The van der Waals surface area contributed by atoms with Gasteiger partial charge in [-0.2, -0.15) is 0 Å². The predicted octanol–water partition coefficient (Wildman–Crippen LogP) is 2.59. The summed E-state index contributed by atoms with van der Waals surface area (Å²) in [4.78, 5) is 24.7. The number of benzene rings is 1. The lowest BCUT2D eigenvalue weighted by Gasteiger charge is -2.18. The van der Waals surface area contributed by atoms with Gasteiger partial charge in [-0.05, 0) is 42.6 Å². The van der Waals surface area contributed by atoms with Gasteiger partial charge in [0.2, 0.25) is 5.91 Å². The maximum absolute atomic E-state index is 12.5. The second kappa shape index (κ2) is 8.93. The number of anilines is 1. The third-order valence-electron chi connectivity index (χ3n) is 3.20. The molecule has 2 rings (SSSR count). The number of hydrogen-bond acceptors (Lipinski definition) is 6. The van der Waals surface area contributed by atoms with Crippen molar-refractivity contribution in [3.8, 4) is 5.75 Å². The summed E-state index contributed by atoms with van der Waals surface area (Å²) in [5, 5.41) is 7.68. The Labute approximate surface area is 144 Å². The third kappa shape index (κ3) is 4.99. The summed E-state index contributed by atoms with van der Waals surface area (Å²) >= 11 is 1.47. The van der Waals surface area contributed by atoms with E-state index < -0.39 is 12.0 Å². The van der Waals surface area contributed by atoms with Crippen LogP contribution >= 0.6 is 11.3 Å². The number of thiophene rings is 1. The molecule has 1 aromatic carbocycles. The Morgan fingerprint density at radius 2 is 1.96 bits per heavy atom. The fourth-order valence-corrected chi connectivity index (χ4v) is 2.82. The summed E-state index contributed by atoms with van der Waals surface area (Å²) < 4.78 is 9.95. The summed E-state index contributed by atoms with van der Waals surface area (Å²) in [6.45, 7) is 1.85. The minimum atomic E-state index is -0.590. The molecule has 0 bridgehead atoms. The highest BCUT2D eigenvalue weighted by molar-refractivity contribution is 7.10. The van der Waals surface area contributed by atoms with Crippen molar-refractivity contribution in [3.05, 3.63) is 46.7 Å². The van der Waals surface area contributed by atoms with Gasteiger partial charge in [0.05, 0.1) is 13.7 Å². The van der Waals surface area contributed by atoms with Crippen LogP contribution in [0.2, 0.25) is 0 Å². The fraction of sp³-hybridized carbons (Fsp3) is 0.294. The molecule has 0 aliphatic heterocycles. The minimum Gasteiger partial charge on any atom is -0.497 e. The molecule has 1 amide bonds. The predicted molar refractivity (Wildman–Crippen MR) is 93.3 cm³/mol. The van der Waals surface area contributed by atoms with Crippen LogP contribution in [-0.2, 0) is 14.3 Å². The van der Waals surface area contributed by atoms with Crippen LogP contribution in [0.3, 0.4) is 0 Å². The average Bonchev–Trinajstić information content (AvgIpc) is 3.12. The molecule has 6 nitrogen and oxygen atoms in total. The molecule has 1 heterocycles. The van der Waals surface area contributed by atoms with E-state index in [0.717, 1.165) is 16.3 Å². The molecule has 0 spiro atoms. The van der Waals surface area contributed by atoms with Crippen LogP contribution in [0.15, 0.2) is 41.8 Å². The molecule has 0 aliphatic carbocycles. The smallest absolute Gasteiger partial charge is 0.325 e. The molecule has 24 heavy (non-hydrogen) atoms. The van der Waals surface area contributed by atoms with Crippen molar-refractivity contribution in [1.29, 1.82) is 0 Å². The fourth-order valence-electron chi connectivity index (χ4n) is 2.05. The normalized spacial score (nSPS) is 11.4. The molecule has 128 valence electrons. The van der Waals surface area contributed by atoms with Crippen molar-refractivity contribution < 1.29 is 19.1 Å². The van der Waals surface area contributed by atoms with Crippen molar-refractivity contribution in [3.63, 3.8) is 0 Å². The van der Waals surface area contributed by atoms with Crippen molar-refractivity contribution >= 4 is 28.9 Å². The number of rotatable bonds is 8. The number of methoxy groups -OCH3 is 1. The first-order chi connectivity index (χ1) is 11.6. The summed E-state index contributed by atoms with van der Waals surface area (Å²) in [6.07, 6.45) is 0. The topological polar surface area (TPSA) is 76.7 Å². The van der Waals surface area contributed by atoms with Gasteiger partial charge >= 0.3 is 5.97 Å². The minimum absolute atomic E-state index is 0.154. The SMILES string of the molecule is CCOC(=O)CNC(=O)C(Nc1ccc(OC)cc1)c1cccs1. The zero-order valence-electron chi connectivity index (χ0n) is 13.6. The Balaban J connectivity index is 2.07. The van der Waals surface area contributed by atoms with Gasteiger partial charge in [-0.1, -0.05) is 6.07 Å². The molecule has 1 aromatic heterocycles.